The quantitative estimate of drug-likeness (QED) is 0.814. The Bertz CT molecular complexity index is 433. The second-order valence-corrected chi connectivity index (χ2v) is 4.70. The van der Waals surface area contributed by atoms with Gasteiger partial charge in [0.2, 0.25) is 5.91 Å². The largest absolute Gasteiger partial charge is 0.380 e. The maximum Gasteiger partial charge on any atom is 0.241 e. The number of hydrogen-bond acceptors (Lipinski definition) is 4. The van der Waals surface area contributed by atoms with Crippen molar-refractivity contribution in [1.29, 1.82) is 0 Å². The van der Waals surface area contributed by atoms with E-state index in [1.54, 1.807) is 13.3 Å². The number of nitrogens with zero attached hydrogens (tertiary/aromatic N) is 1. The highest BCUT2D eigenvalue weighted by atomic mass is 35.5. The molecule has 0 spiro atoms. The zero-order valence-corrected chi connectivity index (χ0v) is 11.1. The Morgan fingerprint density at radius 3 is 3.06 bits per heavy atom. The highest BCUT2D eigenvalue weighted by Crippen LogP contribution is 2.23. The van der Waals surface area contributed by atoms with Crippen molar-refractivity contribution < 1.29 is 9.53 Å². The Labute approximate surface area is 111 Å². The minimum Gasteiger partial charge on any atom is -0.380 e. The number of carbonyl (C=O) groups excluding carboxylic acids is 1. The summed E-state index contributed by atoms with van der Waals surface area (Å²) in [6.45, 7) is 2.57. The van der Waals surface area contributed by atoms with E-state index in [0.29, 0.717) is 23.8 Å². The molecule has 0 bridgehead atoms. The van der Waals surface area contributed by atoms with Gasteiger partial charge in [-0.3, -0.25) is 4.79 Å². The van der Waals surface area contributed by atoms with E-state index in [1.807, 2.05) is 13.0 Å². The molecule has 2 N–H and O–H groups in total. The van der Waals surface area contributed by atoms with Gasteiger partial charge < -0.3 is 15.4 Å². The lowest BCUT2D eigenvalue weighted by Gasteiger charge is -2.13. The monoisotopic (exact) mass is 269 g/mol. The van der Waals surface area contributed by atoms with Gasteiger partial charge in [-0.15, -0.1) is 0 Å². The van der Waals surface area contributed by atoms with E-state index in [4.69, 9.17) is 16.3 Å². The zero-order chi connectivity index (χ0) is 13.1. The van der Waals surface area contributed by atoms with E-state index < -0.39 is 0 Å². The van der Waals surface area contributed by atoms with Crippen molar-refractivity contribution >= 4 is 23.2 Å². The van der Waals surface area contributed by atoms with Crippen molar-refractivity contribution in [2.24, 2.45) is 0 Å². The summed E-state index contributed by atoms with van der Waals surface area (Å²) < 4.78 is 5.21. The lowest BCUT2D eigenvalue weighted by atomic mass is 10.2. The van der Waals surface area contributed by atoms with Gasteiger partial charge in [-0.25, -0.2) is 4.98 Å². The highest BCUT2D eigenvalue weighted by Gasteiger charge is 2.29. The number of carbonyl (C=O) groups is 1. The number of anilines is 1. The third-order valence-corrected chi connectivity index (χ3v) is 3.39. The molecule has 2 atom stereocenters. The van der Waals surface area contributed by atoms with Crippen LogP contribution >= 0.6 is 11.6 Å². The number of nitrogens with one attached hydrogen (secondary N) is 2. The fourth-order valence-electron chi connectivity index (χ4n) is 1.97. The number of aromatic nitrogens is 1. The minimum atomic E-state index is -0.245. The van der Waals surface area contributed by atoms with E-state index >= 15 is 0 Å². The summed E-state index contributed by atoms with van der Waals surface area (Å²) in [6.07, 6.45) is 2.37. The second-order valence-electron chi connectivity index (χ2n) is 4.34. The summed E-state index contributed by atoms with van der Waals surface area (Å²) in [4.78, 5) is 16.0. The van der Waals surface area contributed by atoms with Crippen LogP contribution in [0.3, 0.4) is 0 Å². The molecule has 6 heteroatoms. The van der Waals surface area contributed by atoms with Gasteiger partial charge >= 0.3 is 0 Å². The van der Waals surface area contributed by atoms with Crippen molar-refractivity contribution in [3.05, 3.63) is 23.0 Å². The summed E-state index contributed by atoms with van der Waals surface area (Å²) in [7, 11) is 1.65. The summed E-state index contributed by atoms with van der Waals surface area (Å²) in [6, 6.07) is 1.56. The fourth-order valence-corrected chi connectivity index (χ4v) is 2.22. The van der Waals surface area contributed by atoms with Crippen LogP contribution in [0.15, 0.2) is 12.3 Å². The first kappa shape index (κ1) is 13.3. The lowest BCUT2D eigenvalue weighted by Crippen LogP contribution is -2.35. The van der Waals surface area contributed by atoms with Crippen molar-refractivity contribution in [3.63, 3.8) is 0 Å². The molecule has 0 aliphatic carbocycles. The van der Waals surface area contributed by atoms with Gasteiger partial charge in [-0.2, -0.15) is 0 Å². The minimum absolute atomic E-state index is 0.0891. The first-order chi connectivity index (χ1) is 8.61. The van der Waals surface area contributed by atoms with Crippen LogP contribution in [0.5, 0.6) is 0 Å². The van der Waals surface area contributed by atoms with Crippen LogP contribution < -0.4 is 10.6 Å². The first-order valence-corrected chi connectivity index (χ1v) is 6.17. The van der Waals surface area contributed by atoms with Crippen molar-refractivity contribution in [2.45, 2.75) is 25.5 Å². The van der Waals surface area contributed by atoms with E-state index in [2.05, 4.69) is 15.6 Å². The smallest absolute Gasteiger partial charge is 0.241 e. The molecule has 2 heterocycles. The maximum absolute atomic E-state index is 12.1. The predicted molar refractivity (Wildman–Crippen MR) is 69.8 cm³/mol. The van der Waals surface area contributed by atoms with E-state index in [0.717, 1.165) is 5.56 Å². The maximum atomic E-state index is 12.1. The molecule has 1 aliphatic heterocycles. The van der Waals surface area contributed by atoms with Gasteiger partial charge in [0, 0.05) is 19.9 Å². The number of pyridine rings is 1. The van der Waals surface area contributed by atoms with Gasteiger partial charge in [0.1, 0.15) is 0 Å². The molecule has 0 radical (unpaired) electrons. The third-order valence-electron chi connectivity index (χ3n) is 3.10. The van der Waals surface area contributed by atoms with Crippen molar-refractivity contribution in [1.82, 2.24) is 10.3 Å². The van der Waals surface area contributed by atoms with Gasteiger partial charge in [-0.1, -0.05) is 11.6 Å². The number of hydrogen-bond donors (Lipinski definition) is 2. The summed E-state index contributed by atoms with van der Waals surface area (Å²) in [5.74, 6) is -0.104. The van der Waals surface area contributed by atoms with Crippen LogP contribution in [0, 0.1) is 6.92 Å². The fraction of sp³-hybridized carbons (Fsp3) is 0.500. The van der Waals surface area contributed by atoms with Gasteiger partial charge in [0.05, 0.1) is 17.8 Å². The average Bonchev–Trinajstić information content (AvgIpc) is 2.82. The molecule has 1 fully saturated rings. The predicted octanol–water partition coefficient (Wildman–Crippen LogP) is 1.36. The van der Waals surface area contributed by atoms with E-state index in [9.17, 15) is 4.79 Å². The number of methoxy groups -OCH3 is 1. The van der Waals surface area contributed by atoms with E-state index in [-0.39, 0.29) is 18.1 Å². The molecule has 98 valence electrons. The Hall–Kier alpha value is -1.17. The first-order valence-electron chi connectivity index (χ1n) is 5.80. The van der Waals surface area contributed by atoms with Crippen LogP contribution in [-0.4, -0.2) is 36.7 Å². The molecule has 18 heavy (non-hydrogen) atoms. The topological polar surface area (TPSA) is 63.2 Å². The number of ether oxygens (including phenoxy) is 1. The lowest BCUT2D eigenvalue weighted by molar-refractivity contribution is -0.118. The normalized spacial score (nSPS) is 23.1. The molecule has 1 aliphatic rings. The molecule has 5 nitrogen and oxygen atoms in total. The standard InChI is InChI=1S/C12H16ClN3O2/c1-7-3-4-14-11(13)10(7)16-12(17)9-5-8(18-2)6-15-9/h3-4,8-9,15H,5-6H2,1-2H3,(H,16,17). The Morgan fingerprint density at radius 1 is 1.67 bits per heavy atom. The summed E-state index contributed by atoms with van der Waals surface area (Å²) in [5, 5.41) is 6.24. The zero-order valence-electron chi connectivity index (χ0n) is 10.4. The van der Waals surface area contributed by atoms with Crippen LogP contribution in [0.1, 0.15) is 12.0 Å². The summed E-state index contributed by atoms with van der Waals surface area (Å²) >= 11 is 5.97. The van der Waals surface area contributed by atoms with E-state index in [1.165, 1.54) is 0 Å². The van der Waals surface area contributed by atoms with Crippen LogP contribution in [0.25, 0.3) is 0 Å². The molecule has 2 unspecified atom stereocenters. The Balaban J connectivity index is 2.04. The number of rotatable bonds is 3. The molecular formula is C12H16ClN3O2. The van der Waals surface area contributed by atoms with Crippen LogP contribution in [0.4, 0.5) is 5.69 Å². The molecule has 1 saturated heterocycles. The van der Waals surface area contributed by atoms with Gasteiger partial charge in [0.25, 0.3) is 0 Å². The van der Waals surface area contributed by atoms with Gasteiger partial charge in [0.15, 0.2) is 5.15 Å². The number of halogens is 1. The average molecular weight is 270 g/mol. The molecule has 0 aromatic carbocycles. The summed E-state index contributed by atoms with van der Waals surface area (Å²) in [5.41, 5.74) is 1.47. The van der Waals surface area contributed by atoms with Crippen molar-refractivity contribution in [3.8, 4) is 0 Å². The second kappa shape index (κ2) is 5.65. The molecule has 1 aromatic rings. The number of amides is 1. The highest BCUT2D eigenvalue weighted by molar-refractivity contribution is 6.32. The molecule has 1 aromatic heterocycles. The third kappa shape index (κ3) is 2.80. The number of aryl methyl sites for hydroxylation is 1. The molecule has 0 saturated carbocycles. The Kier molecular flexibility index (Phi) is 4.16. The molecule has 2 rings (SSSR count). The Morgan fingerprint density at radius 2 is 2.44 bits per heavy atom. The van der Waals surface area contributed by atoms with Crippen molar-refractivity contribution in [2.75, 3.05) is 19.0 Å². The SMILES string of the molecule is COC1CNC(C(=O)Nc2c(C)ccnc2Cl)C1. The van der Waals surface area contributed by atoms with Gasteiger partial charge in [-0.05, 0) is 25.0 Å². The van der Waals surface area contributed by atoms with Crippen LogP contribution in [0.2, 0.25) is 5.15 Å². The molecular weight excluding hydrogens is 254 g/mol. The van der Waals surface area contributed by atoms with Crippen LogP contribution in [-0.2, 0) is 9.53 Å². The molecule has 1 amide bonds.